The third kappa shape index (κ3) is 5.71. The van der Waals surface area contributed by atoms with Gasteiger partial charge in [0.1, 0.15) is 17.2 Å². The Morgan fingerprint density at radius 2 is 1.58 bits per heavy atom. The van der Waals surface area contributed by atoms with Gasteiger partial charge in [0, 0.05) is 12.1 Å². The minimum absolute atomic E-state index is 0.0273. The third-order valence-electron chi connectivity index (χ3n) is 5.64. The molecular weight excluding hydrogens is 416 g/mol. The summed E-state index contributed by atoms with van der Waals surface area (Å²) in [6.45, 7) is 3.23. The van der Waals surface area contributed by atoms with Crippen LogP contribution < -0.4 is 14.8 Å². The zero-order valence-electron chi connectivity index (χ0n) is 18.7. The summed E-state index contributed by atoms with van der Waals surface area (Å²) in [6.07, 6.45) is 1.86. The highest BCUT2D eigenvalue weighted by Crippen LogP contribution is 2.32. The summed E-state index contributed by atoms with van der Waals surface area (Å²) in [5.41, 5.74) is 1.57. The van der Waals surface area contributed by atoms with E-state index in [0.717, 1.165) is 29.9 Å². The van der Waals surface area contributed by atoms with Crippen molar-refractivity contribution in [3.8, 4) is 17.2 Å². The van der Waals surface area contributed by atoms with Crippen molar-refractivity contribution < 1.29 is 19.1 Å². The van der Waals surface area contributed by atoms with E-state index in [2.05, 4.69) is 5.32 Å². The normalized spacial score (nSPS) is 15.2. The first-order chi connectivity index (χ1) is 16.1. The van der Waals surface area contributed by atoms with Gasteiger partial charge in [-0.1, -0.05) is 30.3 Å². The standard InChI is InChI=1S/C27H28N2O4/c1-2-32-22-14-10-20(11-15-22)25-9-6-18-29(25)26(30)19-28-27(31)21-12-16-24(17-13-21)33-23-7-4-3-5-8-23/h3-5,7-8,10-17,25H,2,6,9,18-19H2,1H3,(H,28,31). The maximum atomic E-state index is 12.9. The number of ether oxygens (including phenoxy) is 2. The van der Waals surface area contributed by atoms with Crippen molar-refractivity contribution in [2.24, 2.45) is 0 Å². The van der Waals surface area contributed by atoms with Crippen LogP contribution in [0.25, 0.3) is 0 Å². The highest BCUT2D eigenvalue weighted by molar-refractivity contribution is 5.96. The molecule has 0 spiro atoms. The lowest BCUT2D eigenvalue weighted by atomic mass is 10.0. The molecule has 6 heteroatoms. The van der Waals surface area contributed by atoms with Gasteiger partial charge in [-0.3, -0.25) is 9.59 Å². The number of hydrogen-bond acceptors (Lipinski definition) is 4. The SMILES string of the molecule is CCOc1ccc(C2CCCN2C(=O)CNC(=O)c2ccc(Oc3ccccc3)cc2)cc1. The van der Waals surface area contributed by atoms with Gasteiger partial charge in [-0.2, -0.15) is 0 Å². The summed E-state index contributed by atoms with van der Waals surface area (Å²) in [6, 6.07) is 24.2. The lowest BCUT2D eigenvalue weighted by Gasteiger charge is -2.25. The molecule has 33 heavy (non-hydrogen) atoms. The molecular formula is C27H28N2O4. The Labute approximate surface area is 194 Å². The van der Waals surface area contributed by atoms with Crippen LogP contribution in [-0.4, -0.2) is 36.4 Å². The van der Waals surface area contributed by atoms with Gasteiger partial charge >= 0.3 is 0 Å². The molecule has 0 saturated carbocycles. The second-order valence-corrected chi connectivity index (χ2v) is 7.87. The molecule has 1 unspecified atom stereocenters. The Morgan fingerprint density at radius 1 is 0.909 bits per heavy atom. The van der Waals surface area contributed by atoms with Crippen LogP contribution in [0.5, 0.6) is 17.2 Å². The predicted octanol–water partition coefficient (Wildman–Crippen LogP) is 4.97. The lowest BCUT2D eigenvalue weighted by Crippen LogP contribution is -2.39. The van der Waals surface area contributed by atoms with Gasteiger partial charge < -0.3 is 19.7 Å². The molecule has 0 aromatic heterocycles. The van der Waals surface area contributed by atoms with Crippen molar-refractivity contribution in [2.45, 2.75) is 25.8 Å². The van der Waals surface area contributed by atoms with E-state index in [9.17, 15) is 9.59 Å². The van der Waals surface area contributed by atoms with Crippen LogP contribution in [0.15, 0.2) is 78.9 Å². The number of carbonyl (C=O) groups excluding carboxylic acids is 2. The first kappa shape index (κ1) is 22.4. The quantitative estimate of drug-likeness (QED) is 0.533. The molecule has 170 valence electrons. The number of carbonyl (C=O) groups is 2. The van der Waals surface area contributed by atoms with E-state index >= 15 is 0 Å². The lowest BCUT2D eigenvalue weighted by molar-refractivity contribution is -0.131. The molecule has 0 aliphatic carbocycles. The van der Waals surface area contributed by atoms with E-state index < -0.39 is 0 Å². The van der Waals surface area contributed by atoms with Crippen molar-refractivity contribution in [3.05, 3.63) is 90.0 Å². The minimum atomic E-state index is -0.286. The summed E-state index contributed by atoms with van der Waals surface area (Å²) in [7, 11) is 0. The number of hydrogen-bond donors (Lipinski definition) is 1. The Bertz CT molecular complexity index is 1070. The topological polar surface area (TPSA) is 67.9 Å². The Balaban J connectivity index is 1.31. The number of para-hydroxylation sites is 1. The van der Waals surface area contributed by atoms with Gasteiger partial charge in [0.2, 0.25) is 5.91 Å². The van der Waals surface area contributed by atoms with Crippen LogP contribution in [0.1, 0.15) is 41.7 Å². The highest BCUT2D eigenvalue weighted by atomic mass is 16.5. The predicted molar refractivity (Wildman–Crippen MR) is 127 cm³/mol. The molecule has 1 heterocycles. The van der Waals surface area contributed by atoms with Crippen LogP contribution in [-0.2, 0) is 4.79 Å². The van der Waals surface area contributed by atoms with Crippen molar-refractivity contribution in [2.75, 3.05) is 19.7 Å². The first-order valence-corrected chi connectivity index (χ1v) is 11.3. The van der Waals surface area contributed by atoms with Gasteiger partial charge in [0.05, 0.1) is 19.2 Å². The molecule has 1 atom stereocenters. The molecule has 4 rings (SSSR count). The van der Waals surface area contributed by atoms with Crippen molar-refractivity contribution >= 4 is 11.8 Å². The fourth-order valence-electron chi connectivity index (χ4n) is 4.02. The summed E-state index contributed by atoms with van der Waals surface area (Å²) < 4.78 is 11.3. The van der Waals surface area contributed by atoms with E-state index in [1.165, 1.54) is 0 Å². The maximum absolute atomic E-state index is 12.9. The zero-order valence-corrected chi connectivity index (χ0v) is 18.7. The molecule has 3 aromatic rings. The Morgan fingerprint density at radius 3 is 2.27 bits per heavy atom. The highest BCUT2D eigenvalue weighted by Gasteiger charge is 2.30. The molecule has 1 aliphatic heterocycles. The summed E-state index contributed by atoms with van der Waals surface area (Å²) in [5.74, 6) is 1.83. The van der Waals surface area contributed by atoms with E-state index in [1.54, 1.807) is 24.3 Å². The summed E-state index contributed by atoms with van der Waals surface area (Å²) in [4.78, 5) is 27.3. The summed E-state index contributed by atoms with van der Waals surface area (Å²) >= 11 is 0. The average molecular weight is 445 g/mol. The van der Waals surface area contributed by atoms with Gasteiger partial charge in [-0.15, -0.1) is 0 Å². The van der Waals surface area contributed by atoms with E-state index in [1.807, 2.05) is 66.4 Å². The number of nitrogens with one attached hydrogen (secondary N) is 1. The third-order valence-corrected chi connectivity index (χ3v) is 5.64. The summed E-state index contributed by atoms with van der Waals surface area (Å²) in [5, 5.41) is 2.75. The smallest absolute Gasteiger partial charge is 0.251 e. The monoisotopic (exact) mass is 444 g/mol. The van der Waals surface area contributed by atoms with Crippen molar-refractivity contribution in [1.82, 2.24) is 10.2 Å². The van der Waals surface area contributed by atoms with Crippen molar-refractivity contribution in [3.63, 3.8) is 0 Å². The number of likely N-dealkylation sites (tertiary alicyclic amines) is 1. The largest absolute Gasteiger partial charge is 0.494 e. The van der Waals surface area contributed by atoms with Gasteiger partial charge in [-0.05, 0) is 73.9 Å². The molecule has 0 bridgehead atoms. The average Bonchev–Trinajstić information content (AvgIpc) is 3.34. The molecule has 0 radical (unpaired) electrons. The Hall–Kier alpha value is -3.80. The molecule has 1 N–H and O–H groups in total. The second kappa shape index (κ2) is 10.7. The molecule has 1 aliphatic rings. The molecule has 2 amide bonds. The van der Waals surface area contributed by atoms with Crippen LogP contribution in [0.2, 0.25) is 0 Å². The van der Waals surface area contributed by atoms with Gasteiger partial charge in [0.25, 0.3) is 5.91 Å². The van der Waals surface area contributed by atoms with Gasteiger partial charge in [-0.25, -0.2) is 0 Å². The number of rotatable bonds is 8. The minimum Gasteiger partial charge on any atom is -0.494 e. The van der Waals surface area contributed by atoms with Crippen LogP contribution in [0, 0.1) is 0 Å². The molecule has 1 fully saturated rings. The first-order valence-electron chi connectivity index (χ1n) is 11.3. The van der Waals surface area contributed by atoms with E-state index in [4.69, 9.17) is 9.47 Å². The number of amides is 2. The number of nitrogens with zero attached hydrogens (tertiary/aromatic N) is 1. The second-order valence-electron chi connectivity index (χ2n) is 7.87. The fraction of sp³-hybridized carbons (Fsp3) is 0.259. The van der Waals surface area contributed by atoms with Crippen molar-refractivity contribution in [1.29, 1.82) is 0 Å². The molecule has 3 aromatic carbocycles. The van der Waals surface area contributed by atoms with E-state index in [-0.39, 0.29) is 24.4 Å². The van der Waals surface area contributed by atoms with Gasteiger partial charge in [0.15, 0.2) is 0 Å². The van der Waals surface area contributed by atoms with Crippen LogP contribution in [0.3, 0.4) is 0 Å². The maximum Gasteiger partial charge on any atom is 0.251 e. The fourth-order valence-corrected chi connectivity index (χ4v) is 4.02. The van der Waals surface area contributed by atoms with Crippen LogP contribution >= 0.6 is 0 Å². The molecule has 6 nitrogen and oxygen atoms in total. The zero-order chi connectivity index (χ0) is 23.0. The number of benzene rings is 3. The van der Waals surface area contributed by atoms with E-state index in [0.29, 0.717) is 24.5 Å². The Kier molecular flexibility index (Phi) is 7.25. The van der Waals surface area contributed by atoms with Crippen LogP contribution in [0.4, 0.5) is 0 Å². The molecule has 1 saturated heterocycles.